The van der Waals surface area contributed by atoms with Gasteiger partial charge in [0.1, 0.15) is 0 Å². The van der Waals surface area contributed by atoms with E-state index >= 15 is 0 Å². The molecule has 0 bridgehead atoms. The first-order valence-electron chi connectivity index (χ1n) is 5.83. The third-order valence-electron chi connectivity index (χ3n) is 2.44. The predicted molar refractivity (Wildman–Crippen MR) is 65.0 cm³/mol. The van der Waals surface area contributed by atoms with Crippen LogP contribution in [0.25, 0.3) is 0 Å². The van der Waals surface area contributed by atoms with Crippen molar-refractivity contribution in [1.29, 1.82) is 0 Å². The van der Waals surface area contributed by atoms with Gasteiger partial charge in [0.15, 0.2) is 0 Å². The lowest BCUT2D eigenvalue weighted by molar-refractivity contribution is 0.510. The number of aryl methyl sites for hydroxylation is 1. The Labute approximate surface area is 93.1 Å². The maximum Gasteiger partial charge on any atom is 0.0300 e. The van der Waals surface area contributed by atoms with E-state index in [1.165, 1.54) is 17.5 Å². The van der Waals surface area contributed by atoms with E-state index in [4.69, 9.17) is 0 Å². The van der Waals surface area contributed by atoms with Crippen molar-refractivity contribution in [2.24, 2.45) is 5.92 Å². The summed E-state index contributed by atoms with van der Waals surface area (Å²) in [5, 5.41) is 3.45. The molecule has 2 heteroatoms. The van der Waals surface area contributed by atoms with Gasteiger partial charge in [-0.05, 0) is 49.9 Å². The molecule has 15 heavy (non-hydrogen) atoms. The molecule has 0 radical (unpaired) electrons. The van der Waals surface area contributed by atoms with E-state index in [1.54, 1.807) is 0 Å². The van der Waals surface area contributed by atoms with Crippen LogP contribution >= 0.6 is 0 Å². The maximum atomic E-state index is 4.21. The van der Waals surface area contributed by atoms with Gasteiger partial charge in [-0.15, -0.1) is 0 Å². The van der Waals surface area contributed by atoms with E-state index in [0.717, 1.165) is 19.5 Å². The Bertz CT molecular complexity index is 284. The maximum absolute atomic E-state index is 4.21. The van der Waals surface area contributed by atoms with Gasteiger partial charge in [-0.3, -0.25) is 4.98 Å². The molecule has 0 aliphatic rings. The Kier molecular flexibility index (Phi) is 5.33. The number of hydrogen-bond donors (Lipinski definition) is 1. The van der Waals surface area contributed by atoms with Crippen LogP contribution in [0, 0.1) is 12.8 Å². The highest BCUT2D eigenvalue weighted by Crippen LogP contribution is 2.08. The summed E-state index contributed by atoms with van der Waals surface area (Å²) in [5.41, 5.74) is 2.60. The summed E-state index contributed by atoms with van der Waals surface area (Å²) < 4.78 is 0. The highest BCUT2D eigenvalue weighted by atomic mass is 14.8. The second-order valence-corrected chi connectivity index (χ2v) is 4.38. The Morgan fingerprint density at radius 3 is 2.87 bits per heavy atom. The fraction of sp³-hybridized carbons (Fsp3) is 0.615. The molecule has 0 saturated carbocycles. The first-order valence-corrected chi connectivity index (χ1v) is 5.83. The Morgan fingerprint density at radius 2 is 2.20 bits per heavy atom. The van der Waals surface area contributed by atoms with Crippen molar-refractivity contribution in [1.82, 2.24) is 10.3 Å². The second-order valence-electron chi connectivity index (χ2n) is 4.38. The minimum Gasteiger partial charge on any atom is -0.316 e. The lowest BCUT2D eigenvalue weighted by Crippen LogP contribution is -2.23. The molecule has 0 spiro atoms. The Hall–Kier alpha value is -0.890. The fourth-order valence-electron chi connectivity index (χ4n) is 1.73. The van der Waals surface area contributed by atoms with E-state index in [2.05, 4.69) is 37.1 Å². The van der Waals surface area contributed by atoms with Crippen LogP contribution in [0.3, 0.4) is 0 Å². The standard InChI is InChI=1S/C13H22N2/c1-4-5-14-8-11(2)6-13-7-12(3)9-15-10-13/h7,9-11,14H,4-6,8H2,1-3H3. The van der Waals surface area contributed by atoms with Gasteiger partial charge in [-0.1, -0.05) is 19.9 Å². The van der Waals surface area contributed by atoms with Crippen molar-refractivity contribution in [3.05, 3.63) is 29.6 Å². The minimum atomic E-state index is 0.681. The quantitative estimate of drug-likeness (QED) is 0.724. The normalized spacial score (nSPS) is 12.7. The Balaban J connectivity index is 2.34. The number of nitrogens with zero attached hydrogens (tertiary/aromatic N) is 1. The molecule has 0 aliphatic heterocycles. The lowest BCUT2D eigenvalue weighted by Gasteiger charge is -2.12. The van der Waals surface area contributed by atoms with Crippen molar-refractivity contribution in [2.75, 3.05) is 13.1 Å². The molecule has 0 saturated heterocycles. The van der Waals surface area contributed by atoms with Crippen molar-refractivity contribution in [3.8, 4) is 0 Å². The third kappa shape index (κ3) is 4.93. The van der Waals surface area contributed by atoms with Gasteiger partial charge < -0.3 is 5.32 Å². The van der Waals surface area contributed by atoms with E-state index in [1.807, 2.05) is 12.4 Å². The summed E-state index contributed by atoms with van der Waals surface area (Å²) in [4.78, 5) is 4.21. The molecule has 0 aliphatic carbocycles. The molecule has 1 aromatic rings. The van der Waals surface area contributed by atoms with Crippen LogP contribution in [-0.4, -0.2) is 18.1 Å². The molecule has 1 unspecified atom stereocenters. The SMILES string of the molecule is CCCNCC(C)Cc1cncc(C)c1. The third-order valence-corrected chi connectivity index (χ3v) is 2.44. The smallest absolute Gasteiger partial charge is 0.0300 e. The number of rotatable bonds is 6. The second kappa shape index (κ2) is 6.57. The van der Waals surface area contributed by atoms with Gasteiger partial charge in [0.2, 0.25) is 0 Å². The Morgan fingerprint density at radius 1 is 1.40 bits per heavy atom. The number of pyridine rings is 1. The van der Waals surface area contributed by atoms with Gasteiger partial charge in [0.25, 0.3) is 0 Å². The molecule has 1 N–H and O–H groups in total. The monoisotopic (exact) mass is 206 g/mol. The van der Waals surface area contributed by atoms with Gasteiger partial charge in [-0.2, -0.15) is 0 Å². The lowest BCUT2D eigenvalue weighted by atomic mass is 10.0. The van der Waals surface area contributed by atoms with Crippen LogP contribution in [0.4, 0.5) is 0 Å². The zero-order valence-corrected chi connectivity index (χ0v) is 10.1. The largest absolute Gasteiger partial charge is 0.316 e. The minimum absolute atomic E-state index is 0.681. The van der Waals surface area contributed by atoms with E-state index in [-0.39, 0.29) is 0 Å². The molecule has 1 aromatic heterocycles. The summed E-state index contributed by atoms with van der Waals surface area (Å²) in [6, 6.07) is 2.23. The molecule has 84 valence electrons. The topological polar surface area (TPSA) is 24.9 Å². The summed E-state index contributed by atoms with van der Waals surface area (Å²) in [6.07, 6.45) is 6.21. The van der Waals surface area contributed by atoms with Crippen LogP contribution < -0.4 is 5.32 Å². The predicted octanol–water partition coefficient (Wildman–Crippen LogP) is 2.57. The van der Waals surface area contributed by atoms with Gasteiger partial charge >= 0.3 is 0 Å². The number of aromatic nitrogens is 1. The van der Waals surface area contributed by atoms with Gasteiger partial charge in [-0.25, -0.2) is 0 Å². The summed E-state index contributed by atoms with van der Waals surface area (Å²) in [7, 11) is 0. The molecular weight excluding hydrogens is 184 g/mol. The number of nitrogens with one attached hydrogen (secondary N) is 1. The van der Waals surface area contributed by atoms with Crippen molar-refractivity contribution in [2.45, 2.75) is 33.6 Å². The van der Waals surface area contributed by atoms with Crippen LogP contribution in [0.2, 0.25) is 0 Å². The van der Waals surface area contributed by atoms with E-state index in [9.17, 15) is 0 Å². The van der Waals surface area contributed by atoms with E-state index in [0.29, 0.717) is 5.92 Å². The number of hydrogen-bond acceptors (Lipinski definition) is 2. The molecular formula is C13H22N2. The molecule has 1 rings (SSSR count). The first-order chi connectivity index (χ1) is 7.22. The molecule has 0 amide bonds. The summed E-state index contributed by atoms with van der Waals surface area (Å²) in [6.45, 7) is 8.79. The highest BCUT2D eigenvalue weighted by molar-refractivity contribution is 5.16. The molecule has 0 aromatic carbocycles. The average Bonchev–Trinajstić information content (AvgIpc) is 2.18. The zero-order chi connectivity index (χ0) is 11.1. The first kappa shape index (κ1) is 12.2. The van der Waals surface area contributed by atoms with Crippen molar-refractivity contribution >= 4 is 0 Å². The summed E-state index contributed by atoms with van der Waals surface area (Å²) >= 11 is 0. The molecule has 1 atom stereocenters. The van der Waals surface area contributed by atoms with Gasteiger partial charge in [0.05, 0.1) is 0 Å². The highest BCUT2D eigenvalue weighted by Gasteiger charge is 2.03. The van der Waals surface area contributed by atoms with Crippen LogP contribution in [0.5, 0.6) is 0 Å². The van der Waals surface area contributed by atoms with Crippen LogP contribution in [0.15, 0.2) is 18.5 Å². The molecule has 2 nitrogen and oxygen atoms in total. The molecule has 1 heterocycles. The molecule has 0 fully saturated rings. The van der Waals surface area contributed by atoms with Crippen LogP contribution in [-0.2, 0) is 6.42 Å². The fourth-order valence-corrected chi connectivity index (χ4v) is 1.73. The van der Waals surface area contributed by atoms with Crippen molar-refractivity contribution in [3.63, 3.8) is 0 Å². The van der Waals surface area contributed by atoms with Crippen LogP contribution in [0.1, 0.15) is 31.4 Å². The summed E-state index contributed by atoms with van der Waals surface area (Å²) in [5.74, 6) is 0.681. The van der Waals surface area contributed by atoms with Gasteiger partial charge in [0, 0.05) is 12.4 Å². The zero-order valence-electron chi connectivity index (χ0n) is 10.1. The van der Waals surface area contributed by atoms with E-state index < -0.39 is 0 Å². The average molecular weight is 206 g/mol. The van der Waals surface area contributed by atoms with Crippen molar-refractivity contribution < 1.29 is 0 Å².